The first-order valence-corrected chi connectivity index (χ1v) is 6.50. The summed E-state index contributed by atoms with van der Waals surface area (Å²) < 4.78 is 0. The number of aryl methyl sites for hydroxylation is 1. The Labute approximate surface area is 105 Å². The van der Waals surface area contributed by atoms with Crippen LogP contribution in [0.2, 0.25) is 5.02 Å². The molecule has 1 aromatic rings. The van der Waals surface area contributed by atoms with Crippen LogP contribution in [0.5, 0.6) is 0 Å². The predicted octanol–water partition coefficient (Wildman–Crippen LogP) is 2.28. The second kappa shape index (κ2) is 6.78. The molecule has 0 heterocycles. The lowest BCUT2D eigenvalue weighted by atomic mass is 10.2. The van der Waals surface area contributed by atoms with Crippen LogP contribution in [-0.2, 0) is 4.79 Å². The highest BCUT2D eigenvalue weighted by atomic mass is 35.5. The summed E-state index contributed by atoms with van der Waals surface area (Å²) in [6.45, 7) is 2.54. The van der Waals surface area contributed by atoms with Crippen molar-refractivity contribution in [3.05, 3.63) is 28.8 Å². The zero-order chi connectivity index (χ0) is 12.0. The number of amides is 1. The Balaban J connectivity index is 2.52. The maximum absolute atomic E-state index is 11.5. The smallest absolute Gasteiger partial charge is 0.234 e. The van der Waals surface area contributed by atoms with E-state index >= 15 is 0 Å². The number of thioether (sulfide) groups is 1. The third-order valence-corrected chi connectivity index (χ3v) is 3.21. The normalized spacial score (nSPS) is 10.2. The summed E-state index contributed by atoms with van der Waals surface area (Å²) in [5, 5.41) is 3.34. The number of nitrogens with one attached hydrogen (secondary N) is 1. The van der Waals surface area contributed by atoms with E-state index in [4.69, 9.17) is 17.3 Å². The first-order chi connectivity index (χ1) is 7.63. The molecule has 1 rings (SSSR count). The lowest BCUT2D eigenvalue weighted by Crippen LogP contribution is -2.15. The summed E-state index contributed by atoms with van der Waals surface area (Å²) in [7, 11) is 0. The zero-order valence-electron chi connectivity index (χ0n) is 9.13. The molecule has 0 bridgehead atoms. The molecule has 0 aliphatic heterocycles. The number of halogens is 1. The van der Waals surface area contributed by atoms with E-state index in [1.807, 2.05) is 19.1 Å². The highest BCUT2D eigenvalue weighted by Gasteiger charge is 2.05. The summed E-state index contributed by atoms with van der Waals surface area (Å²) in [5.74, 6) is 1.14. The van der Waals surface area contributed by atoms with E-state index in [9.17, 15) is 4.79 Å². The Morgan fingerprint density at radius 3 is 3.00 bits per heavy atom. The third kappa shape index (κ3) is 4.43. The average Bonchev–Trinajstić information content (AvgIpc) is 2.24. The van der Waals surface area contributed by atoms with Crippen LogP contribution in [0, 0.1) is 6.92 Å². The van der Waals surface area contributed by atoms with Crippen LogP contribution in [-0.4, -0.2) is 24.0 Å². The number of hydrogen-bond acceptors (Lipinski definition) is 3. The number of rotatable bonds is 5. The largest absolute Gasteiger partial charge is 0.330 e. The van der Waals surface area contributed by atoms with E-state index in [2.05, 4.69) is 5.32 Å². The molecule has 5 heteroatoms. The topological polar surface area (TPSA) is 55.1 Å². The molecule has 0 atom stereocenters. The van der Waals surface area contributed by atoms with Gasteiger partial charge in [0.2, 0.25) is 5.91 Å². The molecule has 1 aromatic carbocycles. The van der Waals surface area contributed by atoms with Crippen LogP contribution >= 0.6 is 23.4 Å². The number of anilines is 1. The number of carbonyl (C=O) groups is 1. The molecule has 0 radical (unpaired) electrons. The van der Waals surface area contributed by atoms with Crippen molar-refractivity contribution in [3.63, 3.8) is 0 Å². The van der Waals surface area contributed by atoms with Crippen molar-refractivity contribution in [1.82, 2.24) is 0 Å². The number of hydrogen-bond donors (Lipinski definition) is 2. The van der Waals surface area contributed by atoms with Crippen LogP contribution in [0.25, 0.3) is 0 Å². The molecular weight excluding hydrogens is 244 g/mol. The molecule has 3 nitrogen and oxygen atoms in total. The van der Waals surface area contributed by atoms with Gasteiger partial charge in [-0.15, -0.1) is 0 Å². The monoisotopic (exact) mass is 258 g/mol. The molecule has 0 saturated carbocycles. The molecule has 3 N–H and O–H groups in total. The van der Waals surface area contributed by atoms with Gasteiger partial charge < -0.3 is 11.1 Å². The highest BCUT2D eigenvalue weighted by molar-refractivity contribution is 7.99. The predicted molar refractivity (Wildman–Crippen MR) is 71.2 cm³/mol. The fourth-order valence-electron chi connectivity index (χ4n) is 1.17. The summed E-state index contributed by atoms with van der Waals surface area (Å²) in [6.07, 6.45) is 0. The van der Waals surface area contributed by atoms with Crippen LogP contribution in [0.1, 0.15) is 5.56 Å². The first-order valence-electron chi connectivity index (χ1n) is 4.97. The highest BCUT2D eigenvalue weighted by Crippen LogP contribution is 2.22. The van der Waals surface area contributed by atoms with Crippen LogP contribution < -0.4 is 11.1 Å². The van der Waals surface area contributed by atoms with Crippen molar-refractivity contribution < 1.29 is 4.79 Å². The molecule has 88 valence electrons. The summed E-state index contributed by atoms with van der Waals surface area (Å²) in [5.41, 5.74) is 7.07. The zero-order valence-corrected chi connectivity index (χ0v) is 10.7. The van der Waals surface area contributed by atoms with E-state index in [1.54, 1.807) is 6.07 Å². The quantitative estimate of drug-likeness (QED) is 0.797. The van der Waals surface area contributed by atoms with E-state index in [0.29, 0.717) is 23.0 Å². The Hall–Kier alpha value is -0.710. The minimum atomic E-state index is -0.0500. The van der Waals surface area contributed by atoms with Gasteiger partial charge in [-0.3, -0.25) is 4.79 Å². The molecule has 0 spiro atoms. The third-order valence-electron chi connectivity index (χ3n) is 1.89. The van der Waals surface area contributed by atoms with Crippen molar-refractivity contribution in [2.45, 2.75) is 6.92 Å². The Kier molecular flexibility index (Phi) is 5.66. The minimum Gasteiger partial charge on any atom is -0.330 e. The molecule has 16 heavy (non-hydrogen) atoms. The van der Waals surface area contributed by atoms with Crippen molar-refractivity contribution in [2.24, 2.45) is 5.73 Å². The number of nitrogens with two attached hydrogens (primary N) is 1. The van der Waals surface area contributed by atoms with Crippen LogP contribution in [0.15, 0.2) is 18.2 Å². The van der Waals surface area contributed by atoms with Gasteiger partial charge in [0.1, 0.15) is 0 Å². The van der Waals surface area contributed by atoms with Crippen molar-refractivity contribution >= 4 is 35.0 Å². The van der Waals surface area contributed by atoms with Gasteiger partial charge in [0.05, 0.1) is 16.5 Å². The Morgan fingerprint density at radius 1 is 1.56 bits per heavy atom. The fraction of sp³-hybridized carbons (Fsp3) is 0.364. The molecule has 0 unspecified atom stereocenters. The molecule has 0 aromatic heterocycles. The Bertz CT molecular complexity index is 371. The number of benzene rings is 1. The van der Waals surface area contributed by atoms with Crippen molar-refractivity contribution in [1.29, 1.82) is 0 Å². The lowest BCUT2D eigenvalue weighted by Gasteiger charge is -2.07. The molecular formula is C11H15ClN2OS. The molecule has 0 fully saturated rings. The van der Waals surface area contributed by atoms with Gasteiger partial charge in [0, 0.05) is 12.3 Å². The van der Waals surface area contributed by atoms with E-state index in [0.717, 1.165) is 11.3 Å². The van der Waals surface area contributed by atoms with Gasteiger partial charge in [-0.05, 0) is 24.6 Å². The summed E-state index contributed by atoms with van der Waals surface area (Å²) in [6, 6.07) is 5.54. The van der Waals surface area contributed by atoms with E-state index < -0.39 is 0 Å². The maximum Gasteiger partial charge on any atom is 0.234 e. The molecule has 0 aliphatic rings. The lowest BCUT2D eigenvalue weighted by molar-refractivity contribution is -0.113. The standard InChI is InChI=1S/C11H15ClN2OS/c1-8-2-3-9(12)10(6-8)14-11(15)7-16-5-4-13/h2-3,6H,4-5,7,13H2,1H3,(H,14,15). The Morgan fingerprint density at radius 2 is 2.31 bits per heavy atom. The SMILES string of the molecule is Cc1ccc(Cl)c(NC(=O)CSCCN)c1. The van der Waals surface area contributed by atoms with Gasteiger partial charge in [-0.1, -0.05) is 17.7 Å². The van der Waals surface area contributed by atoms with E-state index in [-0.39, 0.29) is 5.91 Å². The van der Waals surface area contributed by atoms with Gasteiger partial charge in [0.25, 0.3) is 0 Å². The van der Waals surface area contributed by atoms with Gasteiger partial charge in [-0.2, -0.15) is 11.8 Å². The average molecular weight is 259 g/mol. The second-order valence-electron chi connectivity index (χ2n) is 3.37. The summed E-state index contributed by atoms with van der Waals surface area (Å²) in [4.78, 5) is 11.5. The van der Waals surface area contributed by atoms with E-state index in [1.165, 1.54) is 11.8 Å². The fourth-order valence-corrected chi connectivity index (χ4v) is 1.90. The van der Waals surface area contributed by atoms with Crippen LogP contribution in [0.3, 0.4) is 0 Å². The van der Waals surface area contributed by atoms with Gasteiger partial charge in [-0.25, -0.2) is 0 Å². The second-order valence-corrected chi connectivity index (χ2v) is 4.89. The number of carbonyl (C=O) groups excluding carboxylic acids is 1. The summed E-state index contributed by atoms with van der Waals surface area (Å²) >= 11 is 7.47. The maximum atomic E-state index is 11.5. The van der Waals surface area contributed by atoms with Crippen LogP contribution in [0.4, 0.5) is 5.69 Å². The van der Waals surface area contributed by atoms with Gasteiger partial charge in [0.15, 0.2) is 0 Å². The first kappa shape index (κ1) is 13.4. The molecule has 0 aliphatic carbocycles. The minimum absolute atomic E-state index is 0.0500. The van der Waals surface area contributed by atoms with Crippen molar-refractivity contribution in [2.75, 3.05) is 23.4 Å². The van der Waals surface area contributed by atoms with Gasteiger partial charge >= 0.3 is 0 Å². The molecule has 1 amide bonds. The van der Waals surface area contributed by atoms with Crippen molar-refractivity contribution in [3.8, 4) is 0 Å². The molecule has 0 saturated heterocycles.